The molecule has 0 bridgehead atoms. The third-order valence-electron chi connectivity index (χ3n) is 6.26. The predicted molar refractivity (Wildman–Crippen MR) is 122 cm³/mol. The van der Waals surface area contributed by atoms with E-state index in [9.17, 15) is 4.79 Å². The van der Waals surface area contributed by atoms with Crippen LogP contribution in [-0.4, -0.2) is 75.9 Å². The predicted octanol–water partition coefficient (Wildman–Crippen LogP) is 2.93. The summed E-state index contributed by atoms with van der Waals surface area (Å²) in [5.41, 5.74) is 3.34. The number of aromatic nitrogens is 3. The molecule has 166 valence electrons. The number of carbonyl (C=O) groups is 1. The summed E-state index contributed by atoms with van der Waals surface area (Å²) in [4.78, 5) is 22.1. The average molecular weight is 432 g/mol. The second-order valence-electron chi connectivity index (χ2n) is 8.54. The van der Waals surface area contributed by atoms with Crippen LogP contribution in [0.5, 0.6) is 0 Å². The summed E-state index contributed by atoms with van der Waals surface area (Å²) < 4.78 is 7.64. The molecule has 32 heavy (non-hydrogen) atoms. The molecule has 2 saturated heterocycles. The third-order valence-corrected chi connectivity index (χ3v) is 6.26. The first-order chi connectivity index (χ1) is 15.8. The highest BCUT2D eigenvalue weighted by Crippen LogP contribution is 2.24. The van der Waals surface area contributed by atoms with Gasteiger partial charge in [-0.3, -0.25) is 19.4 Å². The number of amides is 1. The second kappa shape index (κ2) is 9.63. The summed E-state index contributed by atoms with van der Waals surface area (Å²) in [5.74, 6) is 0.0416. The van der Waals surface area contributed by atoms with Gasteiger partial charge in [0.1, 0.15) is 5.69 Å². The molecule has 0 radical (unpaired) electrons. The molecule has 4 heterocycles. The standard InChI is InChI=1S/C25H29N5O2/c31-25(29-13-11-28(12-14-29)18-22-9-5-15-32-22)23-19-30(17-20-6-2-1-3-7-20)27-24(23)21-8-4-10-26-16-21/h1-4,6-8,10,16,19,22H,5,9,11-15,17-18H2/t22-/m1/s1. The molecule has 0 spiro atoms. The van der Waals surface area contributed by atoms with Crippen molar-refractivity contribution in [3.63, 3.8) is 0 Å². The van der Waals surface area contributed by atoms with Gasteiger partial charge in [-0.2, -0.15) is 5.10 Å². The van der Waals surface area contributed by atoms with E-state index >= 15 is 0 Å². The number of piperazine rings is 1. The largest absolute Gasteiger partial charge is 0.377 e. The van der Waals surface area contributed by atoms with Crippen molar-refractivity contribution in [2.75, 3.05) is 39.3 Å². The summed E-state index contributed by atoms with van der Waals surface area (Å²) in [5, 5.41) is 4.78. The molecule has 2 aliphatic heterocycles. The molecule has 0 saturated carbocycles. The van der Waals surface area contributed by atoms with E-state index in [1.54, 1.807) is 12.4 Å². The smallest absolute Gasteiger partial charge is 0.257 e. The van der Waals surface area contributed by atoms with Crippen molar-refractivity contribution in [3.05, 3.63) is 72.2 Å². The number of ether oxygens (including phenoxy) is 1. The van der Waals surface area contributed by atoms with E-state index in [1.165, 1.54) is 0 Å². The van der Waals surface area contributed by atoms with Crippen LogP contribution in [0.2, 0.25) is 0 Å². The first-order valence-electron chi connectivity index (χ1n) is 11.4. The maximum absolute atomic E-state index is 13.5. The summed E-state index contributed by atoms with van der Waals surface area (Å²) in [7, 11) is 0. The quantitative estimate of drug-likeness (QED) is 0.601. The Balaban J connectivity index is 1.33. The van der Waals surface area contributed by atoms with Gasteiger partial charge in [0.25, 0.3) is 5.91 Å². The fraction of sp³-hybridized carbons (Fsp3) is 0.400. The lowest BCUT2D eigenvalue weighted by molar-refractivity contribution is 0.0433. The Morgan fingerprint density at radius 1 is 1.06 bits per heavy atom. The van der Waals surface area contributed by atoms with Gasteiger partial charge in [-0.25, -0.2) is 0 Å². The lowest BCUT2D eigenvalue weighted by Crippen LogP contribution is -2.50. The van der Waals surface area contributed by atoms with Crippen molar-refractivity contribution >= 4 is 5.91 Å². The van der Waals surface area contributed by atoms with Crippen molar-refractivity contribution in [1.29, 1.82) is 0 Å². The first kappa shape index (κ1) is 20.8. The molecule has 1 aromatic carbocycles. The van der Waals surface area contributed by atoms with Crippen LogP contribution in [0.25, 0.3) is 11.3 Å². The van der Waals surface area contributed by atoms with Crippen LogP contribution in [0.1, 0.15) is 28.8 Å². The molecule has 1 atom stereocenters. The molecule has 2 fully saturated rings. The Morgan fingerprint density at radius 2 is 1.91 bits per heavy atom. The SMILES string of the molecule is O=C(c1cn(Cc2ccccc2)nc1-c1cccnc1)N1CCN(C[C@H]2CCCO2)CC1. The Hall–Kier alpha value is -3.03. The van der Waals surface area contributed by atoms with Gasteiger partial charge in [0, 0.05) is 63.5 Å². The lowest BCUT2D eigenvalue weighted by atomic mass is 10.1. The van der Waals surface area contributed by atoms with E-state index in [1.807, 2.05) is 46.1 Å². The minimum absolute atomic E-state index is 0.0416. The first-order valence-corrected chi connectivity index (χ1v) is 11.4. The summed E-state index contributed by atoms with van der Waals surface area (Å²) >= 11 is 0. The van der Waals surface area contributed by atoms with Gasteiger partial charge in [-0.15, -0.1) is 0 Å². The molecule has 7 nitrogen and oxygen atoms in total. The van der Waals surface area contributed by atoms with E-state index in [2.05, 4.69) is 22.0 Å². The third kappa shape index (κ3) is 4.74. The maximum atomic E-state index is 13.5. The number of nitrogens with zero attached hydrogens (tertiary/aromatic N) is 5. The lowest BCUT2D eigenvalue weighted by Gasteiger charge is -2.35. The fourth-order valence-electron chi connectivity index (χ4n) is 4.53. The Labute approximate surface area is 188 Å². The molecule has 0 N–H and O–H groups in total. The molecular weight excluding hydrogens is 402 g/mol. The summed E-state index contributed by atoms with van der Waals surface area (Å²) in [6.45, 7) is 5.68. The molecule has 5 rings (SSSR count). The van der Waals surface area contributed by atoms with Crippen molar-refractivity contribution < 1.29 is 9.53 Å². The molecule has 1 amide bonds. The molecule has 0 aliphatic carbocycles. The summed E-state index contributed by atoms with van der Waals surface area (Å²) in [6.07, 6.45) is 8.05. The zero-order valence-corrected chi connectivity index (χ0v) is 18.3. The molecule has 7 heteroatoms. The number of hydrogen-bond acceptors (Lipinski definition) is 5. The van der Waals surface area contributed by atoms with Gasteiger partial charge in [0.2, 0.25) is 0 Å². The van der Waals surface area contributed by atoms with Crippen molar-refractivity contribution in [2.24, 2.45) is 0 Å². The van der Waals surface area contributed by atoms with Crippen molar-refractivity contribution in [3.8, 4) is 11.3 Å². The molecular formula is C25H29N5O2. The van der Waals surface area contributed by atoms with E-state index in [-0.39, 0.29) is 5.91 Å². The minimum Gasteiger partial charge on any atom is -0.377 e. The normalized spacial score (nSPS) is 19.4. The number of benzene rings is 1. The molecule has 2 aromatic heterocycles. The maximum Gasteiger partial charge on any atom is 0.257 e. The van der Waals surface area contributed by atoms with Gasteiger partial charge in [0.15, 0.2) is 0 Å². The highest BCUT2D eigenvalue weighted by atomic mass is 16.5. The topological polar surface area (TPSA) is 63.5 Å². The number of rotatable bonds is 6. The Kier molecular flexibility index (Phi) is 6.27. The van der Waals surface area contributed by atoms with Crippen LogP contribution >= 0.6 is 0 Å². The van der Waals surface area contributed by atoms with Gasteiger partial charge in [-0.1, -0.05) is 30.3 Å². The van der Waals surface area contributed by atoms with Crippen LogP contribution in [0.3, 0.4) is 0 Å². The molecule has 0 unspecified atom stereocenters. The van der Waals surface area contributed by atoms with Crippen molar-refractivity contribution in [2.45, 2.75) is 25.5 Å². The van der Waals surface area contributed by atoms with Gasteiger partial charge in [-0.05, 0) is 30.5 Å². The van der Waals surface area contributed by atoms with Gasteiger partial charge in [0.05, 0.1) is 18.2 Å². The zero-order chi connectivity index (χ0) is 21.8. The van der Waals surface area contributed by atoms with E-state index in [0.29, 0.717) is 23.9 Å². The van der Waals surface area contributed by atoms with E-state index in [4.69, 9.17) is 9.84 Å². The summed E-state index contributed by atoms with van der Waals surface area (Å²) in [6, 6.07) is 14.0. The van der Waals surface area contributed by atoms with Crippen LogP contribution in [0.15, 0.2) is 61.1 Å². The Morgan fingerprint density at radius 3 is 2.62 bits per heavy atom. The van der Waals surface area contributed by atoms with E-state index < -0.39 is 0 Å². The zero-order valence-electron chi connectivity index (χ0n) is 18.3. The molecule has 2 aliphatic rings. The van der Waals surface area contributed by atoms with Crippen molar-refractivity contribution in [1.82, 2.24) is 24.6 Å². The van der Waals surface area contributed by atoms with Crippen LogP contribution in [-0.2, 0) is 11.3 Å². The van der Waals surface area contributed by atoms with Crippen LogP contribution in [0.4, 0.5) is 0 Å². The number of pyridine rings is 1. The number of hydrogen-bond donors (Lipinski definition) is 0. The Bertz CT molecular complexity index is 1020. The number of carbonyl (C=O) groups excluding carboxylic acids is 1. The van der Waals surface area contributed by atoms with Gasteiger partial charge >= 0.3 is 0 Å². The molecule has 3 aromatic rings. The fourth-order valence-corrected chi connectivity index (χ4v) is 4.53. The van der Waals surface area contributed by atoms with E-state index in [0.717, 1.165) is 63.3 Å². The average Bonchev–Trinajstić information content (AvgIpc) is 3.50. The highest BCUT2D eigenvalue weighted by Gasteiger charge is 2.28. The monoisotopic (exact) mass is 431 g/mol. The minimum atomic E-state index is 0.0416. The van der Waals surface area contributed by atoms with Crippen LogP contribution in [0, 0.1) is 0 Å². The second-order valence-corrected chi connectivity index (χ2v) is 8.54. The highest BCUT2D eigenvalue weighted by molar-refractivity contribution is 5.99. The van der Waals surface area contributed by atoms with Crippen LogP contribution < -0.4 is 0 Å². The van der Waals surface area contributed by atoms with Gasteiger partial charge < -0.3 is 9.64 Å².